The van der Waals surface area contributed by atoms with E-state index in [4.69, 9.17) is 9.47 Å². The highest BCUT2D eigenvalue weighted by Crippen LogP contribution is 2.22. The molecule has 6 heteroatoms. The van der Waals surface area contributed by atoms with Crippen LogP contribution < -0.4 is 20.3 Å². The summed E-state index contributed by atoms with van der Waals surface area (Å²) in [5.41, 5.74) is 7.30. The zero-order chi connectivity index (χ0) is 22.1. The van der Waals surface area contributed by atoms with Gasteiger partial charge in [-0.1, -0.05) is 49.4 Å². The maximum absolute atomic E-state index is 12.2. The topological polar surface area (TPSA) is 76.7 Å². The summed E-state index contributed by atoms with van der Waals surface area (Å²) in [6, 6.07) is 24.2. The highest BCUT2D eigenvalue weighted by Gasteiger charge is 2.09. The number of ether oxygens (including phenoxy) is 2. The Hall–Kier alpha value is -3.80. The van der Waals surface area contributed by atoms with Crippen molar-refractivity contribution in [2.45, 2.75) is 26.4 Å². The fourth-order valence-corrected chi connectivity index (χ4v) is 2.76. The highest BCUT2D eigenvalue weighted by atomic mass is 16.5. The zero-order valence-electron chi connectivity index (χ0n) is 17.6. The first-order chi connectivity index (χ1) is 15.0. The number of hydrazine groups is 1. The number of rotatable bonds is 8. The lowest BCUT2D eigenvalue weighted by atomic mass is 10.1. The van der Waals surface area contributed by atoms with Crippen molar-refractivity contribution in [1.29, 1.82) is 0 Å². The van der Waals surface area contributed by atoms with Crippen molar-refractivity contribution < 1.29 is 19.1 Å². The quantitative estimate of drug-likeness (QED) is 0.533. The Morgan fingerprint density at radius 2 is 1.42 bits per heavy atom. The first-order valence-corrected chi connectivity index (χ1v) is 10.2. The first kappa shape index (κ1) is 21.9. The lowest BCUT2D eigenvalue weighted by molar-refractivity contribution is -0.123. The first-order valence-electron chi connectivity index (χ1n) is 10.2. The molecule has 0 heterocycles. The summed E-state index contributed by atoms with van der Waals surface area (Å²) >= 11 is 0. The van der Waals surface area contributed by atoms with Gasteiger partial charge in [-0.05, 0) is 60.9 Å². The Bertz CT molecular complexity index is 986. The van der Waals surface area contributed by atoms with Gasteiger partial charge in [0.25, 0.3) is 11.8 Å². The summed E-state index contributed by atoms with van der Waals surface area (Å²) in [5, 5.41) is 0. The molecule has 0 saturated heterocycles. The van der Waals surface area contributed by atoms with Crippen LogP contribution in [0, 0.1) is 0 Å². The largest absolute Gasteiger partial charge is 0.491 e. The van der Waals surface area contributed by atoms with E-state index in [2.05, 4.69) is 10.9 Å². The van der Waals surface area contributed by atoms with Gasteiger partial charge in [-0.2, -0.15) is 0 Å². The number of hydrogen-bond acceptors (Lipinski definition) is 4. The van der Waals surface area contributed by atoms with Gasteiger partial charge in [-0.25, -0.2) is 0 Å². The van der Waals surface area contributed by atoms with Crippen LogP contribution in [-0.2, 0) is 4.79 Å². The second-order valence-electron chi connectivity index (χ2n) is 7.04. The minimum atomic E-state index is -0.461. The van der Waals surface area contributed by atoms with Crippen molar-refractivity contribution in [3.05, 3.63) is 84.4 Å². The van der Waals surface area contributed by atoms with Crippen LogP contribution in [0.5, 0.6) is 11.5 Å². The molecule has 0 aliphatic heterocycles. The summed E-state index contributed by atoms with van der Waals surface area (Å²) in [5.74, 6) is 0.382. The number of amides is 2. The van der Waals surface area contributed by atoms with Crippen LogP contribution in [-0.4, -0.2) is 24.5 Å². The van der Waals surface area contributed by atoms with E-state index in [0.29, 0.717) is 17.1 Å². The predicted molar refractivity (Wildman–Crippen MR) is 120 cm³/mol. The van der Waals surface area contributed by atoms with Crippen molar-refractivity contribution in [1.82, 2.24) is 10.9 Å². The van der Waals surface area contributed by atoms with Crippen LogP contribution in [0.15, 0.2) is 78.9 Å². The second kappa shape index (κ2) is 10.8. The van der Waals surface area contributed by atoms with Crippen LogP contribution in [0.2, 0.25) is 0 Å². The van der Waals surface area contributed by atoms with Crippen molar-refractivity contribution in [2.24, 2.45) is 0 Å². The Morgan fingerprint density at radius 1 is 0.806 bits per heavy atom. The number of hydrogen-bond donors (Lipinski definition) is 2. The number of nitrogens with one attached hydrogen (secondary N) is 2. The molecule has 3 rings (SSSR count). The molecule has 6 nitrogen and oxygen atoms in total. The molecule has 1 atom stereocenters. The minimum absolute atomic E-state index is 0.105. The van der Waals surface area contributed by atoms with Crippen molar-refractivity contribution in [3.8, 4) is 22.6 Å². The van der Waals surface area contributed by atoms with Gasteiger partial charge in [0.2, 0.25) is 0 Å². The third-order valence-corrected chi connectivity index (χ3v) is 4.68. The standard InChI is InChI=1S/C25H26N2O4/c1-3-18(2)31-23-15-11-21(12-16-23)25(29)27-26-24(28)17-30-22-13-9-20(10-14-22)19-7-5-4-6-8-19/h4-16,18H,3,17H2,1-2H3,(H,26,28)(H,27,29). The third-order valence-electron chi connectivity index (χ3n) is 4.68. The summed E-state index contributed by atoms with van der Waals surface area (Å²) in [6.45, 7) is 3.81. The number of carbonyl (C=O) groups is 2. The molecule has 160 valence electrons. The molecule has 31 heavy (non-hydrogen) atoms. The van der Waals surface area contributed by atoms with Gasteiger partial charge in [0.15, 0.2) is 6.61 Å². The summed E-state index contributed by atoms with van der Waals surface area (Å²) in [6.07, 6.45) is 1.00. The van der Waals surface area contributed by atoms with Gasteiger partial charge >= 0.3 is 0 Å². The van der Waals surface area contributed by atoms with Gasteiger partial charge in [-0.15, -0.1) is 0 Å². The summed E-state index contributed by atoms with van der Waals surface area (Å²) < 4.78 is 11.2. The van der Waals surface area contributed by atoms with Gasteiger partial charge in [-0.3, -0.25) is 20.4 Å². The minimum Gasteiger partial charge on any atom is -0.491 e. The molecule has 3 aromatic carbocycles. The summed E-state index contributed by atoms with van der Waals surface area (Å²) in [4.78, 5) is 24.2. The van der Waals surface area contributed by atoms with Gasteiger partial charge in [0.1, 0.15) is 11.5 Å². The molecule has 3 aromatic rings. The smallest absolute Gasteiger partial charge is 0.276 e. The van der Waals surface area contributed by atoms with Crippen LogP contribution >= 0.6 is 0 Å². The molecule has 0 aliphatic rings. The molecule has 0 fully saturated rings. The van der Waals surface area contributed by atoms with E-state index in [1.165, 1.54) is 0 Å². The van der Waals surface area contributed by atoms with E-state index in [-0.39, 0.29) is 12.7 Å². The van der Waals surface area contributed by atoms with Gasteiger partial charge in [0, 0.05) is 5.56 Å². The van der Waals surface area contributed by atoms with E-state index >= 15 is 0 Å². The molecule has 1 unspecified atom stereocenters. The maximum atomic E-state index is 12.2. The van der Waals surface area contributed by atoms with Crippen LogP contribution in [0.1, 0.15) is 30.6 Å². The average molecular weight is 418 g/mol. The van der Waals surface area contributed by atoms with Crippen LogP contribution in [0.3, 0.4) is 0 Å². The Kier molecular flexibility index (Phi) is 7.65. The lowest BCUT2D eigenvalue weighted by Crippen LogP contribution is -2.43. The zero-order valence-corrected chi connectivity index (χ0v) is 17.6. The molecule has 0 radical (unpaired) electrons. The molecular weight excluding hydrogens is 392 g/mol. The second-order valence-corrected chi connectivity index (χ2v) is 7.04. The van der Waals surface area contributed by atoms with Crippen molar-refractivity contribution in [3.63, 3.8) is 0 Å². The molecular formula is C25H26N2O4. The van der Waals surface area contributed by atoms with E-state index in [9.17, 15) is 9.59 Å². The SMILES string of the molecule is CCC(C)Oc1ccc(C(=O)NNC(=O)COc2ccc(-c3ccccc3)cc2)cc1. The predicted octanol–water partition coefficient (Wildman–Crippen LogP) is 4.37. The fourth-order valence-electron chi connectivity index (χ4n) is 2.76. The molecule has 0 bridgehead atoms. The van der Waals surface area contributed by atoms with Crippen LogP contribution in [0.4, 0.5) is 0 Å². The number of carbonyl (C=O) groups excluding carboxylic acids is 2. The van der Waals surface area contributed by atoms with Crippen molar-refractivity contribution >= 4 is 11.8 Å². The third kappa shape index (κ3) is 6.60. The van der Waals surface area contributed by atoms with Crippen LogP contribution in [0.25, 0.3) is 11.1 Å². The Labute approximate surface area is 182 Å². The molecule has 0 aromatic heterocycles. The molecule has 0 aliphatic carbocycles. The maximum Gasteiger partial charge on any atom is 0.276 e. The van der Waals surface area contributed by atoms with Gasteiger partial charge in [0.05, 0.1) is 6.10 Å². The van der Waals surface area contributed by atoms with E-state index in [1.807, 2.05) is 56.3 Å². The van der Waals surface area contributed by atoms with E-state index < -0.39 is 11.8 Å². The summed E-state index contributed by atoms with van der Waals surface area (Å²) in [7, 11) is 0. The van der Waals surface area contributed by atoms with E-state index in [1.54, 1.807) is 36.4 Å². The fraction of sp³-hybridized carbons (Fsp3) is 0.200. The lowest BCUT2D eigenvalue weighted by Gasteiger charge is -2.13. The van der Waals surface area contributed by atoms with E-state index in [0.717, 1.165) is 17.5 Å². The Morgan fingerprint density at radius 3 is 2.06 bits per heavy atom. The average Bonchev–Trinajstić information content (AvgIpc) is 2.82. The molecule has 0 spiro atoms. The normalized spacial score (nSPS) is 11.3. The highest BCUT2D eigenvalue weighted by molar-refractivity contribution is 5.95. The van der Waals surface area contributed by atoms with Crippen molar-refractivity contribution in [2.75, 3.05) is 6.61 Å². The Balaban J connectivity index is 1.43. The molecule has 0 saturated carbocycles. The molecule has 2 amide bonds. The van der Waals surface area contributed by atoms with Gasteiger partial charge < -0.3 is 9.47 Å². The number of benzene rings is 3. The molecule has 2 N–H and O–H groups in total. The monoisotopic (exact) mass is 418 g/mol.